The van der Waals surface area contributed by atoms with Crippen molar-refractivity contribution in [2.24, 2.45) is 10.8 Å². The number of amides is 2. The number of nitrogens with two attached hydrogens (primary N) is 1. The topological polar surface area (TPSA) is 89.5 Å². The Balaban J connectivity index is 2.48. The molecule has 0 aliphatic heterocycles. The summed E-state index contributed by atoms with van der Waals surface area (Å²) in [6, 6.07) is 6.70. The van der Waals surface area contributed by atoms with Gasteiger partial charge in [-0.05, 0) is 6.07 Å². The molecule has 0 saturated carbocycles. The van der Waals surface area contributed by atoms with Gasteiger partial charge in [-0.15, -0.1) is 0 Å². The van der Waals surface area contributed by atoms with E-state index in [0.717, 1.165) is 16.5 Å². The molecule has 0 saturated heterocycles. The fourth-order valence-electron chi connectivity index (χ4n) is 1.73. The first kappa shape index (κ1) is 11.8. The minimum atomic E-state index is -0.735. The van der Waals surface area contributed by atoms with Crippen LogP contribution in [0.25, 0.3) is 10.9 Å². The van der Waals surface area contributed by atoms with Crippen LogP contribution in [0.4, 0.5) is 4.79 Å². The van der Waals surface area contributed by atoms with E-state index in [2.05, 4.69) is 10.5 Å². The van der Waals surface area contributed by atoms with E-state index in [1.807, 2.05) is 24.3 Å². The molecule has 0 atom stereocenters. The second-order valence-corrected chi connectivity index (χ2v) is 3.72. The number of urea groups is 1. The maximum Gasteiger partial charge on any atom is 0.332 e. The molecule has 3 N–H and O–H groups in total. The Morgan fingerprint density at radius 2 is 2.11 bits per heavy atom. The van der Waals surface area contributed by atoms with Crippen LogP contribution in [0, 0.1) is 0 Å². The third-order valence-corrected chi connectivity index (χ3v) is 2.46. The van der Waals surface area contributed by atoms with Gasteiger partial charge in [0.15, 0.2) is 0 Å². The Bertz CT molecular complexity index is 643. The molecule has 0 radical (unpaired) electrons. The molecule has 0 aliphatic carbocycles. The number of aromatic nitrogens is 1. The van der Waals surface area contributed by atoms with Gasteiger partial charge in [0.1, 0.15) is 0 Å². The minimum absolute atomic E-state index is 0.0892. The Hall–Kier alpha value is -2.63. The van der Waals surface area contributed by atoms with Crippen LogP contribution < -0.4 is 11.2 Å². The lowest BCUT2D eigenvalue weighted by Crippen LogP contribution is -2.24. The van der Waals surface area contributed by atoms with Crippen LogP contribution in [0.5, 0.6) is 0 Å². The number of fused-ring (bicyclic) bond motifs is 1. The van der Waals surface area contributed by atoms with Crippen LogP contribution in [-0.2, 0) is 0 Å². The van der Waals surface area contributed by atoms with Gasteiger partial charge in [0, 0.05) is 24.1 Å². The molecular formula is C12H12N4O2. The van der Waals surface area contributed by atoms with Crippen molar-refractivity contribution >= 4 is 29.1 Å². The normalized spacial score (nSPS) is 10.9. The fraction of sp³-hybridized carbons (Fsp3) is 0.0833. The third kappa shape index (κ3) is 2.22. The molecule has 1 aromatic carbocycles. The lowest BCUT2D eigenvalue weighted by molar-refractivity contribution is 0.0941. The Labute approximate surface area is 103 Å². The van der Waals surface area contributed by atoms with Gasteiger partial charge in [-0.2, -0.15) is 5.10 Å². The van der Waals surface area contributed by atoms with Crippen molar-refractivity contribution in [2.75, 3.05) is 0 Å². The van der Waals surface area contributed by atoms with E-state index >= 15 is 0 Å². The lowest BCUT2D eigenvalue weighted by Gasteiger charge is -1.96. The van der Waals surface area contributed by atoms with Crippen LogP contribution in [0.2, 0.25) is 0 Å². The highest BCUT2D eigenvalue weighted by atomic mass is 16.2. The number of nitrogens with one attached hydrogen (secondary N) is 1. The smallest absolute Gasteiger partial charge is 0.332 e. The number of para-hydroxylation sites is 1. The Morgan fingerprint density at radius 1 is 1.39 bits per heavy atom. The summed E-state index contributed by atoms with van der Waals surface area (Å²) in [6.07, 6.45) is 3.12. The van der Waals surface area contributed by atoms with Gasteiger partial charge in [-0.1, -0.05) is 18.2 Å². The van der Waals surface area contributed by atoms with Gasteiger partial charge in [0.25, 0.3) is 0 Å². The Morgan fingerprint density at radius 3 is 2.78 bits per heavy atom. The molecular weight excluding hydrogens is 232 g/mol. The van der Waals surface area contributed by atoms with E-state index in [0.29, 0.717) is 0 Å². The van der Waals surface area contributed by atoms with Crippen LogP contribution in [0.1, 0.15) is 17.3 Å². The second-order valence-electron chi connectivity index (χ2n) is 3.72. The predicted molar refractivity (Wildman–Crippen MR) is 68.6 cm³/mol. The number of carbonyl (C=O) groups excluding carboxylic acids is 2. The summed E-state index contributed by atoms with van der Waals surface area (Å²) in [7, 11) is 0. The van der Waals surface area contributed by atoms with E-state index in [-0.39, 0.29) is 5.91 Å². The molecule has 2 amide bonds. The number of hydrogen-bond donors (Lipinski definition) is 2. The molecule has 18 heavy (non-hydrogen) atoms. The quantitative estimate of drug-likeness (QED) is 0.616. The van der Waals surface area contributed by atoms with E-state index in [4.69, 9.17) is 5.73 Å². The summed E-state index contributed by atoms with van der Waals surface area (Å²) < 4.78 is 1.53. The van der Waals surface area contributed by atoms with Crippen LogP contribution in [-0.4, -0.2) is 22.7 Å². The predicted octanol–water partition coefficient (Wildman–Crippen LogP) is 1.30. The number of benzene rings is 1. The summed E-state index contributed by atoms with van der Waals surface area (Å²) in [5.74, 6) is -0.0892. The van der Waals surface area contributed by atoms with E-state index in [1.54, 1.807) is 6.20 Å². The van der Waals surface area contributed by atoms with Crippen molar-refractivity contribution in [1.29, 1.82) is 0 Å². The number of primary amides is 1. The first-order chi connectivity index (χ1) is 8.59. The molecule has 2 aromatic rings. The second kappa shape index (κ2) is 4.70. The molecule has 0 bridgehead atoms. The molecule has 1 heterocycles. The van der Waals surface area contributed by atoms with Crippen LogP contribution in [0.3, 0.4) is 0 Å². The molecule has 1 aromatic heterocycles. The van der Waals surface area contributed by atoms with Gasteiger partial charge in [0.05, 0.1) is 11.7 Å². The van der Waals surface area contributed by atoms with Crippen molar-refractivity contribution in [3.8, 4) is 0 Å². The van der Waals surface area contributed by atoms with Crippen LogP contribution in [0.15, 0.2) is 35.6 Å². The van der Waals surface area contributed by atoms with Crippen molar-refractivity contribution in [3.05, 3.63) is 36.0 Å². The van der Waals surface area contributed by atoms with Gasteiger partial charge < -0.3 is 5.73 Å². The zero-order chi connectivity index (χ0) is 13.1. The average molecular weight is 244 g/mol. The average Bonchev–Trinajstić information content (AvgIpc) is 2.68. The standard InChI is InChI=1S/C12H12N4O2/c1-8(17)16-7-9(6-14-15-12(13)18)10-4-2-3-5-11(10)16/h2-7H,1H3,(H3,13,15,18)/b14-6-. The molecule has 6 nitrogen and oxygen atoms in total. The number of rotatable bonds is 2. The summed E-state index contributed by atoms with van der Waals surface area (Å²) in [4.78, 5) is 22.0. The monoisotopic (exact) mass is 244 g/mol. The fourth-order valence-corrected chi connectivity index (χ4v) is 1.73. The first-order valence-electron chi connectivity index (χ1n) is 5.29. The van der Waals surface area contributed by atoms with Gasteiger partial charge in [-0.3, -0.25) is 9.36 Å². The van der Waals surface area contributed by atoms with Crippen molar-refractivity contribution in [3.63, 3.8) is 0 Å². The van der Waals surface area contributed by atoms with Crippen molar-refractivity contribution in [1.82, 2.24) is 9.99 Å². The molecule has 92 valence electrons. The minimum Gasteiger partial charge on any atom is -0.350 e. The highest BCUT2D eigenvalue weighted by molar-refractivity contribution is 6.03. The molecule has 0 spiro atoms. The van der Waals surface area contributed by atoms with Crippen LogP contribution >= 0.6 is 0 Å². The number of nitrogens with zero attached hydrogens (tertiary/aromatic N) is 2. The van der Waals surface area contributed by atoms with Gasteiger partial charge in [-0.25, -0.2) is 10.2 Å². The molecule has 2 rings (SSSR count). The van der Waals surface area contributed by atoms with E-state index in [1.165, 1.54) is 17.7 Å². The summed E-state index contributed by atoms with van der Waals surface area (Å²) >= 11 is 0. The van der Waals surface area contributed by atoms with E-state index in [9.17, 15) is 9.59 Å². The molecule has 0 fully saturated rings. The first-order valence-corrected chi connectivity index (χ1v) is 5.29. The van der Waals surface area contributed by atoms with Crippen molar-refractivity contribution in [2.45, 2.75) is 6.92 Å². The number of hydrogen-bond acceptors (Lipinski definition) is 3. The zero-order valence-corrected chi connectivity index (χ0v) is 9.75. The maximum atomic E-state index is 11.5. The maximum absolute atomic E-state index is 11.5. The summed E-state index contributed by atoms with van der Waals surface area (Å²) in [6.45, 7) is 1.48. The molecule has 6 heteroatoms. The highest BCUT2D eigenvalue weighted by Crippen LogP contribution is 2.19. The zero-order valence-electron chi connectivity index (χ0n) is 9.75. The number of hydrazone groups is 1. The summed E-state index contributed by atoms with van der Waals surface area (Å²) in [5, 5.41) is 4.57. The largest absolute Gasteiger partial charge is 0.350 e. The van der Waals surface area contributed by atoms with Gasteiger partial charge >= 0.3 is 6.03 Å². The van der Waals surface area contributed by atoms with E-state index < -0.39 is 6.03 Å². The lowest BCUT2D eigenvalue weighted by atomic mass is 10.2. The number of carbonyl (C=O) groups is 2. The SMILES string of the molecule is CC(=O)n1cc(/C=N\NC(N)=O)c2ccccc21. The molecule has 0 aliphatic rings. The molecule has 0 unspecified atom stereocenters. The summed E-state index contributed by atoms with van der Waals surface area (Å²) in [5.41, 5.74) is 8.54. The Kier molecular flexibility index (Phi) is 3.09. The third-order valence-electron chi connectivity index (χ3n) is 2.46. The highest BCUT2D eigenvalue weighted by Gasteiger charge is 2.08. The van der Waals surface area contributed by atoms with Gasteiger partial charge in [0.2, 0.25) is 5.91 Å². The van der Waals surface area contributed by atoms with Crippen molar-refractivity contribution < 1.29 is 9.59 Å².